The molecule has 1 N–H and O–H groups in total. The third-order valence-corrected chi connectivity index (χ3v) is 4.76. The van der Waals surface area contributed by atoms with Gasteiger partial charge in [-0.05, 0) is 42.7 Å². The third kappa shape index (κ3) is 3.38. The summed E-state index contributed by atoms with van der Waals surface area (Å²) in [7, 11) is 0. The second-order valence-corrected chi connectivity index (χ2v) is 6.43. The van der Waals surface area contributed by atoms with Crippen LogP contribution < -0.4 is 5.32 Å². The van der Waals surface area contributed by atoms with Crippen LogP contribution >= 0.6 is 0 Å². The molecule has 2 aromatic carbocycles. The van der Waals surface area contributed by atoms with Crippen molar-refractivity contribution in [2.24, 2.45) is 0 Å². The highest BCUT2D eigenvalue weighted by molar-refractivity contribution is 6.21. The highest BCUT2D eigenvalue weighted by atomic mass is 16.2. The molecule has 1 aliphatic rings. The number of hydrogen-bond donors (Lipinski definition) is 1. The standard InChI is InChI=1S/C21H22N2O3/c1-3-16(4-2)22-19(24)15-11-9-14(10-12-15)13-23-20(25)17-7-5-6-8-18(17)21(23)26/h5-12,16H,3-4,13H2,1-2H3,(H,22,24). The molecule has 0 fully saturated rings. The number of carbonyl (C=O) groups is 3. The van der Waals surface area contributed by atoms with E-state index in [0.29, 0.717) is 16.7 Å². The molecule has 1 aliphatic heterocycles. The van der Waals surface area contributed by atoms with E-state index in [4.69, 9.17) is 0 Å². The van der Waals surface area contributed by atoms with Crippen molar-refractivity contribution in [1.29, 1.82) is 0 Å². The van der Waals surface area contributed by atoms with Gasteiger partial charge in [-0.2, -0.15) is 0 Å². The fourth-order valence-electron chi connectivity index (χ4n) is 3.09. The van der Waals surface area contributed by atoms with E-state index in [2.05, 4.69) is 5.32 Å². The van der Waals surface area contributed by atoms with Gasteiger partial charge in [-0.15, -0.1) is 0 Å². The lowest BCUT2D eigenvalue weighted by molar-refractivity contribution is 0.0641. The first-order chi connectivity index (χ1) is 12.5. The van der Waals surface area contributed by atoms with Gasteiger partial charge in [0.2, 0.25) is 0 Å². The lowest BCUT2D eigenvalue weighted by Gasteiger charge is -2.16. The largest absolute Gasteiger partial charge is 0.349 e. The molecular weight excluding hydrogens is 328 g/mol. The smallest absolute Gasteiger partial charge is 0.261 e. The first kappa shape index (κ1) is 17.9. The van der Waals surface area contributed by atoms with Crippen LogP contribution in [0.3, 0.4) is 0 Å². The Labute approximate surface area is 153 Å². The quantitative estimate of drug-likeness (QED) is 0.812. The molecule has 5 nitrogen and oxygen atoms in total. The Morgan fingerprint density at radius 3 is 1.96 bits per heavy atom. The van der Waals surface area contributed by atoms with E-state index in [1.165, 1.54) is 4.90 Å². The number of benzene rings is 2. The summed E-state index contributed by atoms with van der Waals surface area (Å²) in [6.07, 6.45) is 1.78. The van der Waals surface area contributed by atoms with Crippen molar-refractivity contribution in [1.82, 2.24) is 10.2 Å². The van der Waals surface area contributed by atoms with Gasteiger partial charge >= 0.3 is 0 Å². The zero-order chi connectivity index (χ0) is 18.7. The van der Waals surface area contributed by atoms with E-state index in [0.717, 1.165) is 18.4 Å². The van der Waals surface area contributed by atoms with Gasteiger partial charge in [0.1, 0.15) is 0 Å². The van der Waals surface area contributed by atoms with E-state index in [1.54, 1.807) is 48.5 Å². The minimum atomic E-state index is -0.277. The van der Waals surface area contributed by atoms with Crippen LogP contribution in [0.4, 0.5) is 0 Å². The molecule has 5 heteroatoms. The number of imide groups is 1. The van der Waals surface area contributed by atoms with E-state index >= 15 is 0 Å². The average molecular weight is 350 g/mol. The Bertz CT molecular complexity index is 804. The Balaban J connectivity index is 1.70. The third-order valence-electron chi connectivity index (χ3n) is 4.76. The Morgan fingerprint density at radius 2 is 1.46 bits per heavy atom. The van der Waals surface area contributed by atoms with E-state index in [1.807, 2.05) is 13.8 Å². The molecule has 0 bridgehead atoms. The SMILES string of the molecule is CCC(CC)NC(=O)c1ccc(CN2C(=O)c3ccccc3C2=O)cc1. The van der Waals surface area contributed by atoms with Crippen LogP contribution in [0.1, 0.15) is 63.3 Å². The fourth-order valence-corrected chi connectivity index (χ4v) is 3.09. The Morgan fingerprint density at radius 1 is 0.923 bits per heavy atom. The molecule has 0 saturated carbocycles. The normalized spacial score (nSPS) is 13.3. The molecule has 1 heterocycles. The van der Waals surface area contributed by atoms with Gasteiger partial charge in [0.15, 0.2) is 0 Å². The number of rotatable bonds is 6. The molecule has 134 valence electrons. The molecular formula is C21H22N2O3. The number of fused-ring (bicyclic) bond motifs is 1. The van der Waals surface area contributed by atoms with Crippen LogP contribution in [0.5, 0.6) is 0 Å². The van der Waals surface area contributed by atoms with E-state index in [-0.39, 0.29) is 30.3 Å². The molecule has 0 atom stereocenters. The van der Waals surface area contributed by atoms with Gasteiger partial charge < -0.3 is 5.32 Å². The van der Waals surface area contributed by atoms with Crippen LogP contribution in [0.2, 0.25) is 0 Å². The second kappa shape index (κ2) is 7.52. The lowest BCUT2D eigenvalue weighted by atomic mass is 10.1. The maximum Gasteiger partial charge on any atom is 0.261 e. The summed E-state index contributed by atoms with van der Waals surface area (Å²) in [6.45, 7) is 4.28. The van der Waals surface area contributed by atoms with Gasteiger partial charge in [-0.25, -0.2) is 0 Å². The highest BCUT2D eigenvalue weighted by Crippen LogP contribution is 2.24. The van der Waals surface area contributed by atoms with E-state index < -0.39 is 0 Å². The molecule has 3 amide bonds. The van der Waals surface area contributed by atoms with Crippen molar-refractivity contribution in [3.05, 3.63) is 70.8 Å². The molecule has 26 heavy (non-hydrogen) atoms. The molecule has 0 radical (unpaired) electrons. The van der Waals surface area contributed by atoms with Crippen LogP contribution in [0.15, 0.2) is 48.5 Å². The van der Waals surface area contributed by atoms with Crippen molar-refractivity contribution in [2.45, 2.75) is 39.3 Å². The lowest BCUT2D eigenvalue weighted by Crippen LogP contribution is -2.33. The summed E-state index contributed by atoms with van der Waals surface area (Å²) in [4.78, 5) is 38.3. The number of carbonyl (C=O) groups excluding carboxylic acids is 3. The Kier molecular flexibility index (Phi) is 5.16. The summed E-state index contributed by atoms with van der Waals surface area (Å²) in [5.74, 6) is -0.659. The van der Waals surface area contributed by atoms with Gasteiger partial charge in [0.25, 0.3) is 17.7 Å². The van der Waals surface area contributed by atoms with Gasteiger partial charge in [-0.3, -0.25) is 19.3 Å². The van der Waals surface area contributed by atoms with E-state index in [9.17, 15) is 14.4 Å². The van der Waals surface area contributed by atoms with Crippen molar-refractivity contribution in [3.8, 4) is 0 Å². The van der Waals surface area contributed by atoms with Gasteiger partial charge in [-0.1, -0.05) is 38.1 Å². The summed E-state index contributed by atoms with van der Waals surface area (Å²) in [5, 5.41) is 2.99. The fraction of sp³-hybridized carbons (Fsp3) is 0.286. The summed E-state index contributed by atoms with van der Waals surface area (Å²) >= 11 is 0. The molecule has 0 aromatic heterocycles. The first-order valence-electron chi connectivity index (χ1n) is 8.90. The predicted molar refractivity (Wildman–Crippen MR) is 98.9 cm³/mol. The predicted octanol–water partition coefficient (Wildman–Crippen LogP) is 3.40. The number of nitrogens with zero attached hydrogens (tertiary/aromatic N) is 1. The minimum absolute atomic E-state index is 0.106. The Hall–Kier alpha value is -2.95. The molecule has 0 aliphatic carbocycles. The maximum absolute atomic E-state index is 12.4. The van der Waals surface area contributed by atoms with Crippen molar-refractivity contribution in [2.75, 3.05) is 0 Å². The van der Waals surface area contributed by atoms with Crippen LogP contribution in [-0.4, -0.2) is 28.7 Å². The molecule has 0 unspecified atom stereocenters. The maximum atomic E-state index is 12.4. The molecule has 0 saturated heterocycles. The molecule has 3 rings (SSSR count). The van der Waals surface area contributed by atoms with Crippen LogP contribution in [0.25, 0.3) is 0 Å². The van der Waals surface area contributed by atoms with Crippen LogP contribution in [-0.2, 0) is 6.54 Å². The first-order valence-corrected chi connectivity index (χ1v) is 8.90. The number of amides is 3. The zero-order valence-corrected chi connectivity index (χ0v) is 15.0. The topological polar surface area (TPSA) is 66.5 Å². The van der Waals surface area contributed by atoms with Crippen molar-refractivity contribution in [3.63, 3.8) is 0 Å². The zero-order valence-electron chi connectivity index (χ0n) is 15.0. The number of nitrogens with one attached hydrogen (secondary N) is 1. The number of hydrogen-bond acceptors (Lipinski definition) is 3. The van der Waals surface area contributed by atoms with Crippen molar-refractivity contribution >= 4 is 17.7 Å². The average Bonchev–Trinajstić information content (AvgIpc) is 2.91. The van der Waals surface area contributed by atoms with Crippen LogP contribution in [0, 0.1) is 0 Å². The molecule has 2 aromatic rings. The highest BCUT2D eigenvalue weighted by Gasteiger charge is 2.34. The van der Waals surface area contributed by atoms with Gasteiger partial charge in [0.05, 0.1) is 17.7 Å². The summed E-state index contributed by atoms with van der Waals surface area (Å²) in [5.41, 5.74) is 2.26. The monoisotopic (exact) mass is 350 g/mol. The molecule has 0 spiro atoms. The van der Waals surface area contributed by atoms with Gasteiger partial charge in [0, 0.05) is 11.6 Å². The second-order valence-electron chi connectivity index (χ2n) is 6.43. The minimum Gasteiger partial charge on any atom is -0.349 e. The van der Waals surface area contributed by atoms with Crippen molar-refractivity contribution < 1.29 is 14.4 Å². The summed E-state index contributed by atoms with van der Waals surface area (Å²) < 4.78 is 0. The summed E-state index contributed by atoms with van der Waals surface area (Å²) in [6, 6.07) is 14.0.